The molecule has 1 rings (SSSR count). The Balaban J connectivity index is 2.09. The quantitative estimate of drug-likeness (QED) is 0.703. The topological polar surface area (TPSA) is 30.5 Å². The molecule has 0 atom stereocenters. The third-order valence-electron chi connectivity index (χ3n) is 2.42. The molecule has 0 amide bonds. The average molecular weight is 276 g/mol. The van der Waals surface area contributed by atoms with Gasteiger partial charge < -0.3 is 14.8 Å². The van der Waals surface area contributed by atoms with Gasteiger partial charge in [-0.15, -0.1) is 0 Å². The summed E-state index contributed by atoms with van der Waals surface area (Å²) in [6.45, 7) is 3.15. The number of rotatable bonds is 9. The van der Waals surface area contributed by atoms with Crippen LogP contribution in [0.4, 0.5) is 4.39 Å². The van der Waals surface area contributed by atoms with Crippen molar-refractivity contribution in [2.75, 3.05) is 33.5 Å². The van der Waals surface area contributed by atoms with Crippen LogP contribution in [-0.4, -0.2) is 33.5 Å². The Morgan fingerprint density at radius 2 is 2.11 bits per heavy atom. The predicted molar refractivity (Wildman–Crippen MR) is 70.4 cm³/mol. The van der Waals surface area contributed by atoms with Gasteiger partial charge in [0.2, 0.25) is 0 Å². The predicted octanol–water partition coefficient (Wildman–Crippen LogP) is 2.62. The first-order chi connectivity index (χ1) is 8.75. The van der Waals surface area contributed by atoms with E-state index < -0.39 is 0 Å². The van der Waals surface area contributed by atoms with Gasteiger partial charge in [-0.25, -0.2) is 4.39 Å². The Bertz CT molecular complexity index is 350. The molecule has 0 saturated carbocycles. The number of halogens is 2. The van der Waals surface area contributed by atoms with Crippen LogP contribution in [0.2, 0.25) is 5.02 Å². The molecule has 0 aliphatic carbocycles. The summed E-state index contributed by atoms with van der Waals surface area (Å²) in [7, 11) is 1.64. The molecule has 18 heavy (non-hydrogen) atoms. The second kappa shape index (κ2) is 9.28. The van der Waals surface area contributed by atoms with Gasteiger partial charge in [-0.2, -0.15) is 0 Å². The number of benzene rings is 1. The summed E-state index contributed by atoms with van der Waals surface area (Å²) in [6.07, 6.45) is 0.881. The molecule has 0 bridgehead atoms. The fourth-order valence-electron chi connectivity index (χ4n) is 1.45. The molecule has 0 aliphatic rings. The third-order valence-corrected chi connectivity index (χ3v) is 2.71. The van der Waals surface area contributed by atoms with Crippen LogP contribution in [-0.2, 0) is 16.0 Å². The van der Waals surface area contributed by atoms with E-state index in [1.54, 1.807) is 25.3 Å². The zero-order valence-electron chi connectivity index (χ0n) is 10.5. The van der Waals surface area contributed by atoms with Crippen LogP contribution in [0.15, 0.2) is 18.2 Å². The van der Waals surface area contributed by atoms with Crippen LogP contribution in [0.25, 0.3) is 0 Å². The van der Waals surface area contributed by atoms with Crippen molar-refractivity contribution in [2.24, 2.45) is 0 Å². The fraction of sp³-hybridized carbons (Fsp3) is 0.538. The molecule has 1 N–H and O–H groups in total. The summed E-state index contributed by atoms with van der Waals surface area (Å²) < 4.78 is 23.7. The van der Waals surface area contributed by atoms with Gasteiger partial charge in [0.25, 0.3) is 0 Å². The molecule has 0 unspecified atom stereocenters. The smallest absolute Gasteiger partial charge is 0.146 e. The molecule has 3 nitrogen and oxygen atoms in total. The highest BCUT2D eigenvalue weighted by Crippen LogP contribution is 2.17. The van der Waals surface area contributed by atoms with Crippen molar-refractivity contribution in [3.05, 3.63) is 34.6 Å². The molecular weight excluding hydrogens is 257 g/mol. The van der Waals surface area contributed by atoms with E-state index in [1.807, 2.05) is 0 Å². The normalized spacial score (nSPS) is 10.8. The minimum Gasteiger partial charge on any atom is -0.382 e. The standard InChI is InChI=1S/C13H19ClFNO2/c1-17-8-9-18-7-3-6-16-10-11-4-2-5-12(14)13(11)15/h2,4-5,16H,3,6-10H2,1H3. The molecule has 102 valence electrons. The first kappa shape index (κ1) is 15.4. The van der Waals surface area contributed by atoms with Crippen LogP contribution in [0, 0.1) is 5.82 Å². The highest BCUT2D eigenvalue weighted by atomic mass is 35.5. The van der Waals surface area contributed by atoms with Crippen molar-refractivity contribution in [3.8, 4) is 0 Å². The van der Waals surface area contributed by atoms with Crippen LogP contribution >= 0.6 is 11.6 Å². The summed E-state index contributed by atoms with van der Waals surface area (Å²) in [6, 6.07) is 5.02. The highest BCUT2D eigenvalue weighted by Gasteiger charge is 2.04. The molecule has 0 saturated heterocycles. The zero-order valence-corrected chi connectivity index (χ0v) is 11.3. The maximum absolute atomic E-state index is 13.5. The van der Waals surface area contributed by atoms with Crippen LogP contribution in [0.3, 0.4) is 0 Å². The van der Waals surface area contributed by atoms with Crippen LogP contribution in [0.1, 0.15) is 12.0 Å². The summed E-state index contributed by atoms with van der Waals surface area (Å²) in [5.74, 6) is -0.344. The van der Waals surface area contributed by atoms with E-state index in [0.717, 1.165) is 13.0 Å². The summed E-state index contributed by atoms with van der Waals surface area (Å²) in [5.41, 5.74) is 0.586. The van der Waals surface area contributed by atoms with Gasteiger partial charge in [0.05, 0.1) is 18.2 Å². The largest absolute Gasteiger partial charge is 0.382 e. The number of nitrogens with one attached hydrogen (secondary N) is 1. The van der Waals surface area contributed by atoms with Gasteiger partial charge in [-0.05, 0) is 19.0 Å². The van der Waals surface area contributed by atoms with Crippen molar-refractivity contribution in [2.45, 2.75) is 13.0 Å². The number of hydrogen-bond donors (Lipinski definition) is 1. The van der Waals surface area contributed by atoms with E-state index in [1.165, 1.54) is 0 Å². The van der Waals surface area contributed by atoms with E-state index >= 15 is 0 Å². The van der Waals surface area contributed by atoms with E-state index in [4.69, 9.17) is 21.1 Å². The molecule has 0 aliphatic heterocycles. The lowest BCUT2D eigenvalue weighted by molar-refractivity contribution is 0.0694. The van der Waals surface area contributed by atoms with Crippen molar-refractivity contribution in [1.29, 1.82) is 0 Å². The highest BCUT2D eigenvalue weighted by molar-refractivity contribution is 6.30. The van der Waals surface area contributed by atoms with Gasteiger partial charge in [0.15, 0.2) is 0 Å². The summed E-state index contributed by atoms with van der Waals surface area (Å²) in [4.78, 5) is 0. The van der Waals surface area contributed by atoms with E-state index in [9.17, 15) is 4.39 Å². The van der Waals surface area contributed by atoms with Gasteiger partial charge in [-0.1, -0.05) is 23.7 Å². The molecular formula is C13H19ClFNO2. The van der Waals surface area contributed by atoms with Crippen molar-refractivity contribution >= 4 is 11.6 Å². The average Bonchev–Trinajstić information content (AvgIpc) is 2.37. The maximum atomic E-state index is 13.5. The van der Waals surface area contributed by atoms with E-state index in [-0.39, 0.29) is 10.8 Å². The summed E-state index contributed by atoms with van der Waals surface area (Å²) >= 11 is 5.69. The second-order valence-electron chi connectivity index (χ2n) is 3.85. The summed E-state index contributed by atoms with van der Waals surface area (Å²) in [5, 5.41) is 3.31. The van der Waals surface area contributed by atoms with E-state index in [2.05, 4.69) is 5.32 Å². The maximum Gasteiger partial charge on any atom is 0.146 e. The lowest BCUT2D eigenvalue weighted by Crippen LogP contribution is -2.17. The first-order valence-corrected chi connectivity index (χ1v) is 6.33. The van der Waals surface area contributed by atoms with Crippen molar-refractivity contribution < 1.29 is 13.9 Å². The molecule has 0 radical (unpaired) electrons. The first-order valence-electron chi connectivity index (χ1n) is 5.96. The number of methoxy groups -OCH3 is 1. The lowest BCUT2D eigenvalue weighted by Gasteiger charge is -2.07. The minimum absolute atomic E-state index is 0.164. The van der Waals surface area contributed by atoms with Gasteiger partial charge >= 0.3 is 0 Å². The van der Waals surface area contributed by atoms with Crippen molar-refractivity contribution in [1.82, 2.24) is 5.32 Å². The Labute approximate surface area is 112 Å². The van der Waals surface area contributed by atoms with Crippen molar-refractivity contribution in [3.63, 3.8) is 0 Å². The third kappa shape index (κ3) is 5.78. The van der Waals surface area contributed by atoms with Crippen LogP contribution < -0.4 is 5.32 Å². The second-order valence-corrected chi connectivity index (χ2v) is 4.26. The minimum atomic E-state index is -0.344. The van der Waals surface area contributed by atoms with Gasteiger partial charge in [0, 0.05) is 25.8 Å². The number of ether oxygens (including phenoxy) is 2. The Hall–Kier alpha value is -0.680. The molecule has 0 spiro atoms. The molecule has 0 aromatic heterocycles. The SMILES string of the molecule is COCCOCCCNCc1cccc(Cl)c1F. The Morgan fingerprint density at radius 3 is 2.89 bits per heavy atom. The zero-order chi connectivity index (χ0) is 13.2. The Kier molecular flexibility index (Phi) is 7.93. The molecule has 1 aromatic rings. The van der Waals surface area contributed by atoms with Gasteiger partial charge in [-0.3, -0.25) is 0 Å². The molecule has 5 heteroatoms. The fourth-order valence-corrected chi connectivity index (χ4v) is 1.65. The lowest BCUT2D eigenvalue weighted by atomic mass is 10.2. The van der Waals surface area contributed by atoms with E-state index in [0.29, 0.717) is 31.9 Å². The van der Waals surface area contributed by atoms with Crippen LogP contribution in [0.5, 0.6) is 0 Å². The Morgan fingerprint density at radius 1 is 1.28 bits per heavy atom. The van der Waals surface area contributed by atoms with Gasteiger partial charge in [0.1, 0.15) is 5.82 Å². The molecule has 0 heterocycles. The molecule has 0 fully saturated rings. The number of hydrogen-bond acceptors (Lipinski definition) is 3. The molecule has 1 aromatic carbocycles. The monoisotopic (exact) mass is 275 g/mol.